The average Bonchev–Trinajstić information content (AvgIpc) is 2.71. The molecule has 27 heavy (non-hydrogen) atoms. The van der Waals surface area contributed by atoms with Crippen LogP contribution >= 0.6 is 0 Å². The summed E-state index contributed by atoms with van der Waals surface area (Å²) in [6, 6.07) is 24.9. The van der Waals surface area contributed by atoms with E-state index in [0.717, 1.165) is 11.1 Å². The normalized spacial score (nSPS) is 17.0. The number of hydrogen-bond donors (Lipinski definition) is 0. The number of sulfonamides is 1. The van der Waals surface area contributed by atoms with Gasteiger partial charge in [0.2, 0.25) is 5.78 Å². The molecule has 0 radical (unpaired) electrons. The number of Topliss-reactive ketones (excluding diaryl/α,β-unsaturated/α-hetero) is 1. The van der Waals surface area contributed by atoms with Gasteiger partial charge in [0, 0.05) is 5.56 Å². The predicted octanol–water partition coefficient (Wildman–Crippen LogP) is 4.11. The van der Waals surface area contributed by atoms with Gasteiger partial charge in [-0.1, -0.05) is 72.8 Å². The molecule has 0 amide bonds. The Morgan fingerprint density at radius 3 is 2.07 bits per heavy atom. The number of rotatable bonds is 3. The van der Waals surface area contributed by atoms with E-state index in [1.54, 1.807) is 24.3 Å². The molecule has 0 fully saturated rings. The van der Waals surface area contributed by atoms with E-state index < -0.39 is 10.0 Å². The van der Waals surface area contributed by atoms with Gasteiger partial charge >= 0.3 is 0 Å². The summed E-state index contributed by atoms with van der Waals surface area (Å²) in [5.74, 6) is -0.291. The van der Waals surface area contributed by atoms with Crippen molar-refractivity contribution in [2.75, 3.05) is 0 Å². The van der Waals surface area contributed by atoms with E-state index in [4.69, 9.17) is 0 Å². The van der Waals surface area contributed by atoms with Gasteiger partial charge in [-0.2, -0.15) is 0 Å². The third kappa shape index (κ3) is 3.17. The second-order valence-electron chi connectivity index (χ2n) is 6.26. The minimum absolute atomic E-state index is 0.0520. The Morgan fingerprint density at radius 2 is 1.37 bits per heavy atom. The molecule has 5 heteroatoms. The molecule has 0 unspecified atom stereocenters. The van der Waals surface area contributed by atoms with Gasteiger partial charge in [-0.3, -0.25) is 9.10 Å². The van der Waals surface area contributed by atoms with E-state index >= 15 is 0 Å². The molecule has 1 aliphatic heterocycles. The number of nitrogens with zero attached hydrogens (tertiary/aromatic N) is 1. The lowest BCUT2D eigenvalue weighted by Gasteiger charge is -2.31. The van der Waals surface area contributed by atoms with Crippen LogP contribution in [0.15, 0.2) is 95.5 Å². The van der Waals surface area contributed by atoms with Crippen LogP contribution in [0.25, 0.3) is 6.08 Å². The second-order valence-corrected chi connectivity index (χ2v) is 8.09. The van der Waals surface area contributed by atoms with Crippen molar-refractivity contribution in [3.63, 3.8) is 0 Å². The van der Waals surface area contributed by atoms with Crippen molar-refractivity contribution in [2.45, 2.75) is 11.4 Å². The van der Waals surface area contributed by atoms with Gasteiger partial charge < -0.3 is 0 Å². The van der Waals surface area contributed by atoms with Gasteiger partial charge in [-0.05, 0) is 29.3 Å². The van der Waals surface area contributed by atoms with Crippen LogP contribution in [0.2, 0.25) is 0 Å². The van der Waals surface area contributed by atoms with E-state index in [0.29, 0.717) is 0 Å². The molecule has 0 atom stereocenters. The van der Waals surface area contributed by atoms with Crippen LogP contribution in [0.3, 0.4) is 0 Å². The number of ketones is 1. The second kappa shape index (κ2) is 6.85. The smallest absolute Gasteiger partial charge is 0.265 e. The third-order valence-corrected chi connectivity index (χ3v) is 6.29. The first-order chi connectivity index (χ1) is 13.1. The molecule has 1 heterocycles. The lowest BCUT2D eigenvalue weighted by atomic mass is 10.0. The van der Waals surface area contributed by atoms with Gasteiger partial charge in [0.25, 0.3) is 10.0 Å². The average molecular weight is 375 g/mol. The van der Waals surface area contributed by atoms with Gasteiger partial charge in [0.1, 0.15) is 5.70 Å². The maximum Gasteiger partial charge on any atom is 0.265 e. The summed E-state index contributed by atoms with van der Waals surface area (Å²) in [5.41, 5.74) is 1.95. The molecule has 0 aliphatic carbocycles. The number of carbonyl (C=O) groups excluding carboxylic acids is 1. The van der Waals surface area contributed by atoms with Crippen LogP contribution in [0.5, 0.6) is 0 Å². The first-order valence-corrected chi connectivity index (χ1v) is 9.98. The molecule has 4 nitrogen and oxygen atoms in total. The van der Waals surface area contributed by atoms with Crippen LogP contribution in [0.4, 0.5) is 0 Å². The van der Waals surface area contributed by atoms with E-state index in [9.17, 15) is 13.2 Å². The van der Waals surface area contributed by atoms with Crippen molar-refractivity contribution < 1.29 is 13.2 Å². The minimum atomic E-state index is -3.84. The largest absolute Gasteiger partial charge is 0.287 e. The van der Waals surface area contributed by atoms with Gasteiger partial charge in [-0.25, -0.2) is 8.42 Å². The highest BCUT2D eigenvalue weighted by Gasteiger charge is 2.39. The van der Waals surface area contributed by atoms with E-state index in [1.165, 1.54) is 10.4 Å². The summed E-state index contributed by atoms with van der Waals surface area (Å²) >= 11 is 0. The maximum absolute atomic E-state index is 13.3. The van der Waals surface area contributed by atoms with Crippen molar-refractivity contribution in [1.29, 1.82) is 0 Å². The molecular formula is C22H17NO3S. The minimum Gasteiger partial charge on any atom is -0.287 e. The van der Waals surface area contributed by atoms with E-state index in [2.05, 4.69) is 0 Å². The molecule has 0 bridgehead atoms. The summed E-state index contributed by atoms with van der Waals surface area (Å²) in [6.07, 6.45) is 1.64. The van der Waals surface area contributed by atoms with Crippen molar-refractivity contribution >= 4 is 21.9 Å². The summed E-state index contributed by atoms with van der Waals surface area (Å²) in [6.45, 7) is 0.0991. The molecule has 134 valence electrons. The van der Waals surface area contributed by atoms with Crippen LogP contribution in [-0.4, -0.2) is 18.5 Å². The third-order valence-electron chi connectivity index (χ3n) is 4.47. The van der Waals surface area contributed by atoms with Crippen LogP contribution in [0, 0.1) is 0 Å². The Balaban J connectivity index is 1.91. The topological polar surface area (TPSA) is 54.5 Å². The molecule has 0 N–H and O–H groups in total. The Morgan fingerprint density at radius 1 is 0.778 bits per heavy atom. The zero-order valence-electron chi connectivity index (χ0n) is 14.4. The van der Waals surface area contributed by atoms with Crippen LogP contribution in [-0.2, 0) is 16.6 Å². The fraction of sp³-hybridized carbons (Fsp3) is 0.0455. The Bertz CT molecular complexity index is 1120. The van der Waals surface area contributed by atoms with Crippen LogP contribution in [0.1, 0.15) is 21.5 Å². The fourth-order valence-corrected chi connectivity index (χ4v) is 4.78. The number of hydrogen-bond acceptors (Lipinski definition) is 3. The Hall–Kier alpha value is -3.18. The quantitative estimate of drug-likeness (QED) is 0.647. The predicted molar refractivity (Wildman–Crippen MR) is 104 cm³/mol. The Labute approximate surface area is 158 Å². The summed E-state index contributed by atoms with van der Waals surface area (Å²) in [7, 11) is -3.84. The fourth-order valence-electron chi connectivity index (χ4n) is 3.14. The number of carbonyl (C=O) groups is 1. The lowest BCUT2D eigenvalue weighted by molar-refractivity contribution is 0.100. The van der Waals surface area contributed by atoms with Gasteiger partial charge in [-0.15, -0.1) is 0 Å². The zero-order chi connectivity index (χ0) is 18.9. The number of allylic oxidation sites excluding steroid dienone is 1. The van der Waals surface area contributed by atoms with Crippen molar-refractivity contribution in [3.05, 3.63) is 107 Å². The molecule has 1 aliphatic rings. The van der Waals surface area contributed by atoms with Gasteiger partial charge in [0.05, 0.1) is 11.4 Å². The van der Waals surface area contributed by atoms with Crippen molar-refractivity contribution in [1.82, 2.24) is 4.31 Å². The summed E-state index contributed by atoms with van der Waals surface area (Å²) in [5, 5.41) is 0. The molecule has 4 rings (SSSR count). The molecule has 0 aromatic heterocycles. The highest BCUT2D eigenvalue weighted by atomic mass is 32.2. The molecule has 0 saturated carbocycles. The molecule has 3 aromatic rings. The van der Waals surface area contributed by atoms with E-state index in [-0.39, 0.29) is 28.5 Å². The molecule has 0 spiro atoms. The highest BCUT2D eigenvalue weighted by Crippen LogP contribution is 2.34. The zero-order valence-corrected chi connectivity index (χ0v) is 15.3. The molecule has 0 saturated heterocycles. The lowest BCUT2D eigenvalue weighted by Crippen LogP contribution is -2.38. The summed E-state index contributed by atoms with van der Waals surface area (Å²) in [4.78, 5) is 13.2. The Kier molecular flexibility index (Phi) is 4.38. The SMILES string of the molecule is O=C1/C(=C\c2ccccc2)N(Cc2ccccc2)S(=O)(=O)c2ccccc21. The molecular weight excluding hydrogens is 358 g/mol. The maximum atomic E-state index is 13.3. The first kappa shape index (κ1) is 17.2. The summed E-state index contributed by atoms with van der Waals surface area (Å²) < 4.78 is 27.8. The van der Waals surface area contributed by atoms with Gasteiger partial charge in [0.15, 0.2) is 0 Å². The number of fused-ring (bicyclic) bond motifs is 1. The van der Waals surface area contributed by atoms with Crippen molar-refractivity contribution in [2.24, 2.45) is 0 Å². The highest BCUT2D eigenvalue weighted by molar-refractivity contribution is 7.89. The number of benzene rings is 3. The standard InChI is InChI=1S/C22H17NO3S/c24-22-19-13-7-8-14-21(19)27(25,26)23(16-18-11-5-2-6-12-18)20(22)15-17-9-3-1-4-10-17/h1-15H,16H2/b20-15+. The monoisotopic (exact) mass is 375 g/mol. The van der Waals surface area contributed by atoms with E-state index in [1.807, 2.05) is 60.7 Å². The first-order valence-electron chi connectivity index (χ1n) is 8.54. The van der Waals surface area contributed by atoms with Crippen LogP contribution < -0.4 is 0 Å². The van der Waals surface area contributed by atoms with Crippen molar-refractivity contribution in [3.8, 4) is 0 Å². The molecule has 3 aromatic carbocycles.